The molecule has 1 N–H and O–H groups in total. The number of halogens is 3. The third kappa shape index (κ3) is 5.50. The average Bonchev–Trinajstić information content (AvgIpc) is 2.32. The Hall–Kier alpha value is -1.73. The fourth-order valence-electron chi connectivity index (χ4n) is 1.49. The Morgan fingerprint density at radius 2 is 1.70 bits per heavy atom. The van der Waals surface area contributed by atoms with Crippen LogP contribution in [-0.4, -0.2) is 17.4 Å². The molecule has 1 nitrogen and oxygen atoms in total. The normalized spacial score (nSPS) is 14.4. The van der Waals surface area contributed by atoms with Crippen molar-refractivity contribution in [2.24, 2.45) is 5.41 Å². The predicted octanol–water partition coefficient (Wildman–Crippen LogP) is 3.93. The summed E-state index contributed by atoms with van der Waals surface area (Å²) in [4.78, 5) is 0. The highest BCUT2D eigenvalue weighted by atomic mass is 19.4. The topological polar surface area (TPSA) is 20.2 Å². The van der Waals surface area contributed by atoms with Gasteiger partial charge in [0, 0.05) is 17.2 Å². The minimum Gasteiger partial charge on any atom is -0.387 e. The van der Waals surface area contributed by atoms with E-state index in [-0.39, 0.29) is 11.6 Å². The Balaban J connectivity index is 3.15. The Bertz CT molecular complexity index is 525. The van der Waals surface area contributed by atoms with E-state index < -0.39 is 17.7 Å². The second kappa shape index (κ2) is 6.15. The molecule has 1 rings (SSSR count). The minimum absolute atomic E-state index is 0.0683. The molecule has 1 aromatic rings. The van der Waals surface area contributed by atoms with Gasteiger partial charge in [-0.3, -0.25) is 0 Å². The fraction of sp³-hybridized carbons (Fsp3) is 0.375. The van der Waals surface area contributed by atoms with Crippen LogP contribution in [0.25, 0.3) is 0 Å². The van der Waals surface area contributed by atoms with Crippen LogP contribution in [0.3, 0.4) is 0 Å². The lowest BCUT2D eigenvalue weighted by molar-refractivity contribution is -0.0815. The smallest absolute Gasteiger partial charge is 0.387 e. The van der Waals surface area contributed by atoms with E-state index in [4.69, 9.17) is 0 Å². The number of alkyl halides is 3. The summed E-state index contributed by atoms with van der Waals surface area (Å²) in [6.07, 6.45) is -5.72. The van der Waals surface area contributed by atoms with Crippen LogP contribution < -0.4 is 0 Å². The van der Waals surface area contributed by atoms with Crippen molar-refractivity contribution in [1.29, 1.82) is 0 Å². The molecule has 0 aliphatic rings. The van der Waals surface area contributed by atoms with Gasteiger partial charge in [0.1, 0.15) is 0 Å². The zero-order valence-corrected chi connectivity index (χ0v) is 11.6. The first-order valence-corrected chi connectivity index (χ1v) is 6.14. The second-order valence-corrected chi connectivity index (χ2v) is 5.53. The number of rotatable bonds is 1. The molecule has 0 aliphatic heterocycles. The van der Waals surface area contributed by atoms with Crippen molar-refractivity contribution in [3.63, 3.8) is 0 Å². The highest BCUT2D eigenvalue weighted by molar-refractivity contribution is 5.42. The van der Waals surface area contributed by atoms with Gasteiger partial charge in [0.15, 0.2) is 0 Å². The molecule has 0 bridgehead atoms. The van der Waals surface area contributed by atoms with Crippen molar-refractivity contribution in [3.8, 4) is 11.8 Å². The third-order valence-electron chi connectivity index (χ3n) is 2.56. The summed E-state index contributed by atoms with van der Waals surface area (Å²) in [5, 5.41) is 10.0. The highest BCUT2D eigenvalue weighted by Gasteiger charge is 2.31. The molecular formula is C16H17F3O. The number of aliphatic hydroxyl groups excluding tert-OH is 1. The molecule has 1 unspecified atom stereocenters. The molecule has 0 saturated heterocycles. The first-order valence-electron chi connectivity index (χ1n) is 6.14. The van der Waals surface area contributed by atoms with Crippen LogP contribution in [0.4, 0.5) is 13.2 Å². The van der Waals surface area contributed by atoms with E-state index in [0.717, 1.165) is 0 Å². The molecular weight excluding hydrogens is 265 g/mol. The van der Waals surface area contributed by atoms with E-state index >= 15 is 0 Å². The quantitative estimate of drug-likeness (QED) is 0.774. The average molecular weight is 282 g/mol. The number of hydrogen-bond acceptors (Lipinski definition) is 1. The maximum Gasteiger partial charge on any atom is 0.410 e. The SMILES string of the molecule is CC(C)(C)C(O)/C(C#Cc1ccccc1)=C/C(F)(F)F. The highest BCUT2D eigenvalue weighted by Crippen LogP contribution is 2.28. The molecule has 0 amide bonds. The maximum absolute atomic E-state index is 12.5. The predicted molar refractivity (Wildman–Crippen MR) is 72.9 cm³/mol. The Labute approximate surface area is 117 Å². The van der Waals surface area contributed by atoms with Gasteiger partial charge in [0.2, 0.25) is 0 Å². The van der Waals surface area contributed by atoms with Gasteiger partial charge in [-0.05, 0) is 17.5 Å². The van der Waals surface area contributed by atoms with Crippen molar-refractivity contribution < 1.29 is 18.3 Å². The minimum atomic E-state index is -4.51. The number of aliphatic hydroxyl groups is 1. The largest absolute Gasteiger partial charge is 0.410 e. The zero-order valence-electron chi connectivity index (χ0n) is 11.6. The van der Waals surface area contributed by atoms with Gasteiger partial charge >= 0.3 is 6.18 Å². The van der Waals surface area contributed by atoms with Gasteiger partial charge in [-0.1, -0.05) is 50.8 Å². The molecule has 1 aromatic carbocycles. The van der Waals surface area contributed by atoms with E-state index in [1.165, 1.54) is 0 Å². The molecule has 0 fully saturated rings. The molecule has 0 radical (unpaired) electrons. The van der Waals surface area contributed by atoms with Gasteiger partial charge in [0.05, 0.1) is 6.10 Å². The summed E-state index contributed by atoms with van der Waals surface area (Å²) >= 11 is 0. The van der Waals surface area contributed by atoms with E-state index in [2.05, 4.69) is 11.8 Å². The zero-order chi connectivity index (χ0) is 15.4. The molecule has 1 atom stereocenters. The standard InChI is InChI=1S/C16H17F3O/c1-15(2,3)14(20)13(11-16(17,18)19)10-9-12-7-5-4-6-8-12/h4-8,11,14,20H,1-3H3/b13-11+. The number of allylic oxidation sites excluding steroid dienone is 1. The molecule has 108 valence electrons. The number of hydrogen-bond donors (Lipinski definition) is 1. The lowest BCUT2D eigenvalue weighted by atomic mass is 9.84. The van der Waals surface area contributed by atoms with Crippen LogP contribution in [-0.2, 0) is 0 Å². The van der Waals surface area contributed by atoms with Gasteiger partial charge in [0.25, 0.3) is 0 Å². The van der Waals surface area contributed by atoms with Crippen LogP contribution in [0.5, 0.6) is 0 Å². The maximum atomic E-state index is 12.5. The first-order chi connectivity index (χ1) is 9.09. The molecule has 20 heavy (non-hydrogen) atoms. The van der Waals surface area contributed by atoms with Crippen molar-refractivity contribution in [3.05, 3.63) is 47.5 Å². The lowest BCUT2D eigenvalue weighted by Crippen LogP contribution is -2.28. The molecule has 0 aromatic heterocycles. The van der Waals surface area contributed by atoms with Crippen LogP contribution >= 0.6 is 0 Å². The van der Waals surface area contributed by atoms with E-state index in [0.29, 0.717) is 5.56 Å². The number of benzene rings is 1. The van der Waals surface area contributed by atoms with Gasteiger partial charge in [-0.15, -0.1) is 0 Å². The fourth-order valence-corrected chi connectivity index (χ4v) is 1.49. The van der Waals surface area contributed by atoms with Crippen molar-refractivity contribution in [1.82, 2.24) is 0 Å². The van der Waals surface area contributed by atoms with Crippen LogP contribution in [0, 0.1) is 17.3 Å². The van der Waals surface area contributed by atoms with Crippen LogP contribution in [0.15, 0.2) is 42.0 Å². The summed E-state index contributed by atoms with van der Waals surface area (Å²) in [6, 6.07) is 8.68. The van der Waals surface area contributed by atoms with Gasteiger partial charge in [-0.25, -0.2) is 0 Å². The summed E-state index contributed by atoms with van der Waals surface area (Å²) in [7, 11) is 0. The van der Waals surface area contributed by atoms with Gasteiger partial charge < -0.3 is 5.11 Å². The molecule has 0 spiro atoms. The Morgan fingerprint density at radius 1 is 1.15 bits per heavy atom. The molecule has 4 heteroatoms. The molecule has 0 aliphatic carbocycles. The van der Waals surface area contributed by atoms with Crippen LogP contribution in [0.2, 0.25) is 0 Å². The Kier molecular flexibility index (Phi) is 5.02. The summed E-state index contributed by atoms with van der Waals surface area (Å²) < 4.78 is 37.6. The van der Waals surface area contributed by atoms with Crippen LogP contribution in [0.1, 0.15) is 26.3 Å². The first kappa shape index (κ1) is 16.3. The van der Waals surface area contributed by atoms with Crippen molar-refractivity contribution in [2.45, 2.75) is 33.1 Å². The van der Waals surface area contributed by atoms with Crippen molar-refractivity contribution >= 4 is 0 Å². The van der Waals surface area contributed by atoms with E-state index in [1.807, 2.05) is 0 Å². The van der Waals surface area contributed by atoms with Crippen molar-refractivity contribution in [2.75, 3.05) is 0 Å². The summed E-state index contributed by atoms with van der Waals surface area (Å²) in [6.45, 7) is 4.98. The lowest BCUT2D eigenvalue weighted by Gasteiger charge is -2.26. The van der Waals surface area contributed by atoms with E-state index in [1.54, 1.807) is 51.1 Å². The van der Waals surface area contributed by atoms with Gasteiger partial charge in [-0.2, -0.15) is 13.2 Å². The second-order valence-electron chi connectivity index (χ2n) is 5.53. The summed E-state index contributed by atoms with van der Waals surface area (Å²) in [5.41, 5.74) is -0.446. The summed E-state index contributed by atoms with van der Waals surface area (Å²) in [5.74, 6) is 5.08. The molecule has 0 heterocycles. The van der Waals surface area contributed by atoms with E-state index in [9.17, 15) is 18.3 Å². The molecule has 0 saturated carbocycles. The third-order valence-corrected chi connectivity index (χ3v) is 2.56. The Morgan fingerprint density at radius 3 is 2.15 bits per heavy atom. The monoisotopic (exact) mass is 282 g/mol.